The van der Waals surface area contributed by atoms with Crippen LogP contribution in [0.1, 0.15) is 19.3 Å². The molecule has 1 aliphatic rings. The first kappa shape index (κ1) is 11.2. The van der Waals surface area contributed by atoms with E-state index in [0.29, 0.717) is 0 Å². The summed E-state index contributed by atoms with van der Waals surface area (Å²) in [6.07, 6.45) is 3.79. The lowest BCUT2D eigenvalue weighted by atomic mass is 9.84. The molecular formula is C6H14ClNO2S. The zero-order valence-corrected chi connectivity index (χ0v) is 8.17. The summed E-state index contributed by atoms with van der Waals surface area (Å²) in [5, 5.41) is 0. The molecule has 1 aliphatic carbocycles. The number of rotatable bonds is 2. The number of hydrogen-bond acceptors (Lipinski definition) is 3. The van der Waals surface area contributed by atoms with Crippen LogP contribution in [0.5, 0.6) is 0 Å². The van der Waals surface area contributed by atoms with Crippen LogP contribution in [0, 0.1) is 0 Å². The van der Waals surface area contributed by atoms with Crippen LogP contribution >= 0.6 is 12.4 Å². The average Bonchev–Trinajstić information content (AvgIpc) is 1.58. The number of halogens is 1. The molecule has 0 spiro atoms. The van der Waals surface area contributed by atoms with Gasteiger partial charge in [-0.25, -0.2) is 8.42 Å². The lowest BCUT2D eigenvalue weighted by Crippen LogP contribution is -2.50. The smallest absolute Gasteiger partial charge is 0.154 e. The standard InChI is InChI=1S/C6H13NO2S.ClH/c1-10(8,9)6(5-7)3-2-4-6;/h2-5,7H2,1H3;1H. The summed E-state index contributed by atoms with van der Waals surface area (Å²) >= 11 is 0. The van der Waals surface area contributed by atoms with Crippen molar-refractivity contribution in [2.45, 2.75) is 24.0 Å². The van der Waals surface area contributed by atoms with Crippen molar-refractivity contribution in [1.29, 1.82) is 0 Å². The topological polar surface area (TPSA) is 60.2 Å². The van der Waals surface area contributed by atoms with E-state index in [1.54, 1.807) is 0 Å². The summed E-state index contributed by atoms with van der Waals surface area (Å²) in [5.74, 6) is 0. The Morgan fingerprint density at radius 3 is 1.91 bits per heavy atom. The van der Waals surface area contributed by atoms with Gasteiger partial charge in [-0.2, -0.15) is 0 Å². The predicted octanol–water partition coefficient (Wildman–Crippen LogP) is 0.334. The van der Waals surface area contributed by atoms with E-state index in [9.17, 15) is 8.42 Å². The third-order valence-corrected chi connectivity index (χ3v) is 4.57. The summed E-state index contributed by atoms with van der Waals surface area (Å²) in [5.41, 5.74) is 5.38. The fourth-order valence-corrected chi connectivity index (χ4v) is 2.63. The molecule has 3 nitrogen and oxygen atoms in total. The summed E-state index contributed by atoms with van der Waals surface area (Å²) in [6, 6.07) is 0. The number of nitrogens with two attached hydrogens (primary N) is 1. The Labute approximate surface area is 73.7 Å². The maximum absolute atomic E-state index is 11.1. The zero-order valence-electron chi connectivity index (χ0n) is 6.54. The molecule has 5 heteroatoms. The second-order valence-corrected chi connectivity index (χ2v) is 5.42. The minimum Gasteiger partial charge on any atom is -0.329 e. The molecule has 0 atom stereocenters. The van der Waals surface area contributed by atoms with Crippen molar-refractivity contribution >= 4 is 22.2 Å². The van der Waals surface area contributed by atoms with Crippen molar-refractivity contribution in [2.24, 2.45) is 5.73 Å². The fraction of sp³-hybridized carbons (Fsp3) is 1.00. The first-order valence-corrected chi connectivity index (χ1v) is 5.31. The van der Waals surface area contributed by atoms with Crippen molar-refractivity contribution in [2.75, 3.05) is 12.8 Å². The normalized spacial score (nSPS) is 21.6. The highest BCUT2D eigenvalue weighted by Gasteiger charge is 2.44. The molecule has 0 amide bonds. The van der Waals surface area contributed by atoms with E-state index in [1.807, 2.05) is 0 Å². The van der Waals surface area contributed by atoms with Gasteiger partial charge in [-0.05, 0) is 12.8 Å². The Morgan fingerprint density at radius 2 is 1.91 bits per heavy atom. The third kappa shape index (κ3) is 1.68. The molecule has 1 saturated carbocycles. The minimum absolute atomic E-state index is 0. The molecule has 2 N–H and O–H groups in total. The van der Waals surface area contributed by atoms with E-state index >= 15 is 0 Å². The Hall–Kier alpha value is 0.200. The van der Waals surface area contributed by atoms with Gasteiger partial charge in [0, 0.05) is 12.8 Å². The Kier molecular flexibility index (Phi) is 3.35. The van der Waals surface area contributed by atoms with Crippen LogP contribution in [0.4, 0.5) is 0 Å². The minimum atomic E-state index is -2.90. The van der Waals surface area contributed by atoms with Gasteiger partial charge in [-0.1, -0.05) is 6.42 Å². The SMILES string of the molecule is CS(=O)(=O)C1(CN)CCC1.Cl. The van der Waals surface area contributed by atoms with Gasteiger partial charge in [0.05, 0.1) is 4.75 Å². The summed E-state index contributed by atoms with van der Waals surface area (Å²) in [7, 11) is -2.90. The second kappa shape index (κ2) is 3.29. The van der Waals surface area contributed by atoms with E-state index in [0.717, 1.165) is 19.3 Å². The van der Waals surface area contributed by atoms with Crippen LogP contribution < -0.4 is 5.73 Å². The van der Waals surface area contributed by atoms with Gasteiger partial charge in [0.15, 0.2) is 9.84 Å². The van der Waals surface area contributed by atoms with Gasteiger partial charge < -0.3 is 5.73 Å². The fourth-order valence-electron chi connectivity index (χ4n) is 1.30. The van der Waals surface area contributed by atoms with Crippen LogP contribution in [0.3, 0.4) is 0 Å². The van der Waals surface area contributed by atoms with Crippen molar-refractivity contribution < 1.29 is 8.42 Å². The van der Waals surface area contributed by atoms with Gasteiger partial charge in [-0.3, -0.25) is 0 Å². The van der Waals surface area contributed by atoms with Crippen molar-refractivity contribution in [1.82, 2.24) is 0 Å². The second-order valence-electron chi connectivity index (χ2n) is 3.01. The zero-order chi connectivity index (χ0) is 7.83. The maximum atomic E-state index is 11.1. The van der Waals surface area contributed by atoms with Crippen LogP contribution in [0.25, 0.3) is 0 Å². The highest BCUT2D eigenvalue weighted by atomic mass is 35.5. The first-order chi connectivity index (χ1) is 4.52. The Balaban J connectivity index is 0.000001000. The van der Waals surface area contributed by atoms with Crippen LogP contribution in [-0.2, 0) is 9.84 Å². The molecule has 68 valence electrons. The lowest BCUT2D eigenvalue weighted by Gasteiger charge is -2.38. The quantitative estimate of drug-likeness (QED) is 0.698. The van der Waals surface area contributed by atoms with Crippen molar-refractivity contribution in [3.05, 3.63) is 0 Å². The summed E-state index contributed by atoms with van der Waals surface area (Å²) in [4.78, 5) is 0. The van der Waals surface area contributed by atoms with Crippen LogP contribution in [0.2, 0.25) is 0 Å². The third-order valence-electron chi connectivity index (χ3n) is 2.42. The number of hydrogen-bond donors (Lipinski definition) is 1. The van der Waals surface area contributed by atoms with E-state index in [4.69, 9.17) is 5.73 Å². The van der Waals surface area contributed by atoms with E-state index in [-0.39, 0.29) is 19.0 Å². The molecule has 0 bridgehead atoms. The molecular weight excluding hydrogens is 186 g/mol. The highest BCUT2D eigenvalue weighted by molar-refractivity contribution is 7.92. The summed E-state index contributed by atoms with van der Waals surface area (Å²) in [6.45, 7) is 0.284. The molecule has 0 aromatic carbocycles. The van der Waals surface area contributed by atoms with Gasteiger partial charge in [0.1, 0.15) is 0 Å². The predicted molar refractivity (Wildman–Crippen MR) is 47.7 cm³/mol. The largest absolute Gasteiger partial charge is 0.329 e. The Morgan fingerprint density at radius 1 is 1.45 bits per heavy atom. The molecule has 0 saturated heterocycles. The first-order valence-electron chi connectivity index (χ1n) is 3.41. The molecule has 0 aromatic rings. The van der Waals surface area contributed by atoms with E-state index in [1.165, 1.54) is 6.26 Å². The lowest BCUT2D eigenvalue weighted by molar-refractivity contribution is 0.346. The molecule has 0 aliphatic heterocycles. The summed E-state index contributed by atoms with van der Waals surface area (Å²) < 4.78 is 21.6. The molecule has 11 heavy (non-hydrogen) atoms. The molecule has 0 radical (unpaired) electrons. The van der Waals surface area contributed by atoms with Crippen molar-refractivity contribution in [3.63, 3.8) is 0 Å². The van der Waals surface area contributed by atoms with E-state index < -0.39 is 14.6 Å². The van der Waals surface area contributed by atoms with E-state index in [2.05, 4.69) is 0 Å². The maximum Gasteiger partial charge on any atom is 0.154 e. The van der Waals surface area contributed by atoms with Gasteiger partial charge in [0.25, 0.3) is 0 Å². The van der Waals surface area contributed by atoms with Gasteiger partial charge in [-0.15, -0.1) is 12.4 Å². The van der Waals surface area contributed by atoms with Gasteiger partial charge >= 0.3 is 0 Å². The van der Waals surface area contributed by atoms with Crippen molar-refractivity contribution in [3.8, 4) is 0 Å². The van der Waals surface area contributed by atoms with Crippen LogP contribution in [-0.4, -0.2) is 26.0 Å². The molecule has 0 heterocycles. The molecule has 0 aromatic heterocycles. The monoisotopic (exact) mass is 199 g/mol. The molecule has 0 unspecified atom stereocenters. The molecule has 1 fully saturated rings. The average molecular weight is 200 g/mol. The van der Waals surface area contributed by atoms with Gasteiger partial charge in [0.2, 0.25) is 0 Å². The van der Waals surface area contributed by atoms with Crippen LogP contribution in [0.15, 0.2) is 0 Å². The Bertz CT molecular complexity index is 215. The number of sulfone groups is 1. The highest BCUT2D eigenvalue weighted by Crippen LogP contribution is 2.37. The molecule has 1 rings (SSSR count).